The lowest BCUT2D eigenvalue weighted by Gasteiger charge is -2.12. The summed E-state index contributed by atoms with van der Waals surface area (Å²) >= 11 is 0. The molecule has 0 atom stereocenters. The van der Waals surface area contributed by atoms with Gasteiger partial charge in [0.2, 0.25) is 0 Å². The molecule has 0 amide bonds. The quantitative estimate of drug-likeness (QED) is 0.487. The van der Waals surface area contributed by atoms with Crippen LogP contribution in [0.1, 0.15) is 20.8 Å². The van der Waals surface area contributed by atoms with Gasteiger partial charge in [-0.2, -0.15) is 0 Å². The van der Waals surface area contributed by atoms with Crippen LogP contribution in [0.25, 0.3) is 0 Å². The third kappa shape index (κ3) is 14.4. The summed E-state index contributed by atoms with van der Waals surface area (Å²) in [4.78, 5) is 0. The van der Waals surface area contributed by atoms with Gasteiger partial charge in [-0.1, -0.05) is 6.42 Å². The van der Waals surface area contributed by atoms with Crippen molar-refractivity contribution < 1.29 is 17.7 Å². The standard InChI is InChI=1S/C6H16O3Si.C2HF/c1-4-7-10(8-5-2)9-6-3;1-2-3/h10H,4-6H2,1-3H3;1H. The van der Waals surface area contributed by atoms with E-state index >= 15 is 0 Å². The highest BCUT2D eigenvalue weighted by molar-refractivity contribution is 6.36. The molecule has 0 unspecified atom stereocenters. The zero-order valence-corrected chi connectivity index (χ0v) is 9.53. The van der Waals surface area contributed by atoms with Gasteiger partial charge in [0, 0.05) is 19.8 Å². The minimum absolute atomic E-state index is 0.677. The summed E-state index contributed by atoms with van der Waals surface area (Å²) in [5, 5.41) is 0. The fraction of sp³-hybridized carbons (Fsp3) is 0.750. The van der Waals surface area contributed by atoms with Crippen LogP contribution in [0.15, 0.2) is 0 Å². The molecule has 0 aromatic rings. The summed E-state index contributed by atoms with van der Waals surface area (Å²) in [6, 6.07) is 0. The molecule has 0 radical (unpaired) electrons. The molecule has 0 rings (SSSR count). The van der Waals surface area contributed by atoms with Crippen LogP contribution in [-0.4, -0.2) is 29.3 Å². The molecule has 0 aliphatic heterocycles. The first-order chi connectivity index (χ1) is 6.26. The minimum Gasteiger partial charge on any atom is -0.376 e. The summed E-state index contributed by atoms with van der Waals surface area (Å²) in [6.07, 6.45) is 4.68. The Morgan fingerprint density at radius 2 is 1.31 bits per heavy atom. The summed E-state index contributed by atoms with van der Waals surface area (Å²) in [6.45, 7) is 7.86. The Hall–Kier alpha value is -0.413. The fourth-order valence-corrected chi connectivity index (χ4v) is 1.66. The van der Waals surface area contributed by atoms with Crippen LogP contribution in [0, 0.1) is 12.6 Å². The molecule has 13 heavy (non-hydrogen) atoms. The first-order valence-corrected chi connectivity index (χ1v) is 5.59. The molecular weight excluding hydrogens is 191 g/mol. The van der Waals surface area contributed by atoms with Crippen molar-refractivity contribution in [3.63, 3.8) is 0 Å². The number of hydrogen-bond acceptors (Lipinski definition) is 3. The molecule has 3 nitrogen and oxygen atoms in total. The molecule has 0 aliphatic rings. The van der Waals surface area contributed by atoms with Gasteiger partial charge in [0.25, 0.3) is 0 Å². The molecule has 0 aromatic heterocycles. The van der Waals surface area contributed by atoms with E-state index in [2.05, 4.69) is 6.42 Å². The van der Waals surface area contributed by atoms with Gasteiger partial charge < -0.3 is 13.3 Å². The normalized spacial score (nSPS) is 8.92. The number of hydrogen-bond donors (Lipinski definition) is 0. The molecule has 0 aromatic carbocycles. The average molecular weight is 208 g/mol. The second kappa shape index (κ2) is 14.1. The number of rotatable bonds is 6. The smallest absolute Gasteiger partial charge is 0.376 e. The van der Waals surface area contributed by atoms with Gasteiger partial charge in [0.05, 0.1) is 0 Å². The van der Waals surface area contributed by atoms with Gasteiger partial charge >= 0.3 is 9.53 Å². The van der Waals surface area contributed by atoms with Crippen molar-refractivity contribution in [1.82, 2.24) is 0 Å². The maximum Gasteiger partial charge on any atom is 0.484 e. The lowest BCUT2D eigenvalue weighted by molar-refractivity contribution is 0.107. The highest BCUT2D eigenvalue weighted by Crippen LogP contribution is 1.90. The lowest BCUT2D eigenvalue weighted by Crippen LogP contribution is -2.27. The predicted molar refractivity (Wildman–Crippen MR) is 52.0 cm³/mol. The van der Waals surface area contributed by atoms with Gasteiger partial charge in [0.1, 0.15) is 6.17 Å². The van der Waals surface area contributed by atoms with Gasteiger partial charge in [-0.3, -0.25) is 0 Å². The maximum atomic E-state index is 9.82. The third-order valence-electron chi connectivity index (χ3n) is 0.908. The zero-order valence-electron chi connectivity index (χ0n) is 8.38. The molecule has 0 fully saturated rings. The van der Waals surface area contributed by atoms with Crippen molar-refractivity contribution >= 4 is 9.53 Å². The zero-order chi connectivity index (χ0) is 10.5. The largest absolute Gasteiger partial charge is 0.484 e. The van der Waals surface area contributed by atoms with Gasteiger partial charge in [-0.15, -0.1) is 4.39 Å². The van der Waals surface area contributed by atoms with E-state index in [4.69, 9.17) is 13.3 Å². The maximum absolute atomic E-state index is 9.82. The summed E-state index contributed by atoms with van der Waals surface area (Å²) in [5.74, 6) is 0. The second-order valence-corrected chi connectivity index (χ2v) is 3.34. The second-order valence-electron chi connectivity index (χ2n) is 1.76. The van der Waals surface area contributed by atoms with E-state index in [1.807, 2.05) is 20.8 Å². The molecule has 0 saturated heterocycles. The Bertz CT molecular complexity index is 113. The monoisotopic (exact) mass is 208 g/mol. The molecule has 0 aliphatic carbocycles. The van der Waals surface area contributed by atoms with Crippen LogP contribution in [0.2, 0.25) is 0 Å². The molecule has 5 heteroatoms. The SMILES string of the molecule is C#CF.CCO[SiH](OCC)OCC. The average Bonchev–Trinajstić information content (AvgIpc) is 2.07. The molecule has 78 valence electrons. The minimum atomic E-state index is -1.73. The van der Waals surface area contributed by atoms with Gasteiger partial charge in [-0.05, 0) is 20.8 Å². The highest BCUT2D eigenvalue weighted by Gasteiger charge is 2.11. The van der Waals surface area contributed by atoms with Crippen LogP contribution >= 0.6 is 0 Å². The first kappa shape index (κ1) is 15.1. The molecular formula is C8H17FO3Si. The fourth-order valence-electron chi connectivity index (χ4n) is 0.553. The van der Waals surface area contributed by atoms with E-state index in [1.165, 1.54) is 0 Å². The van der Waals surface area contributed by atoms with E-state index in [0.717, 1.165) is 6.17 Å². The first-order valence-electron chi connectivity index (χ1n) is 4.17. The van der Waals surface area contributed by atoms with E-state index in [9.17, 15) is 4.39 Å². The molecule has 0 saturated carbocycles. The topological polar surface area (TPSA) is 27.7 Å². The molecule has 0 bridgehead atoms. The van der Waals surface area contributed by atoms with Crippen LogP contribution in [0.3, 0.4) is 0 Å². The summed E-state index contributed by atoms with van der Waals surface area (Å²) < 4.78 is 25.5. The van der Waals surface area contributed by atoms with E-state index < -0.39 is 9.53 Å². The Morgan fingerprint density at radius 3 is 1.46 bits per heavy atom. The Kier molecular flexibility index (Phi) is 16.4. The van der Waals surface area contributed by atoms with Crippen molar-refractivity contribution in [1.29, 1.82) is 0 Å². The van der Waals surface area contributed by atoms with Gasteiger partial charge in [-0.25, -0.2) is 0 Å². The van der Waals surface area contributed by atoms with Crippen molar-refractivity contribution in [2.75, 3.05) is 19.8 Å². The van der Waals surface area contributed by atoms with Crippen LogP contribution < -0.4 is 0 Å². The van der Waals surface area contributed by atoms with E-state index in [-0.39, 0.29) is 0 Å². The molecule has 0 heterocycles. The Balaban J connectivity index is 0. The summed E-state index contributed by atoms with van der Waals surface area (Å²) in [5.41, 5.74) is 0. The van der Waals surface area contributed by atoms with Crippen LogP contribution in [-0.2, 0) is 13.3 Å². The third-order valence-corrected chi connectivity index (χ3v) is 2.72. The Labute approximate surface area is 81.2 Å². The van der Waals surface area contributed by atoms with Crippen LogP contribution in [0.4, 0.5) is 4.39 Å². The van der Waals surface area contributed by atoms with Gasteiger partial charge in [0.15, 0.2) is 0 Å². The Morgan fingerprint density at radius 1 is 1.08 bits per heavy atom. The predicted octanol–water partition coefficient (Wildman–Crippen LogP) is 1.36. The van der Waals surface area contributed by atoms with Crippen molar-refractivity contribution in [2.24, 2.45) is 0 Å². The number of halogens is 1. The number of terminal acetylenes is 1. The molecule has 0 spiro atoms. The van der Waals surface area contributed by atoms with Crippen molar-refractivity contribution in [3.8, 4) is 12.6 Å². The van der Waals surface area contributed by atoms with Crippen LogP contribution in [0.5, 0.6) is 0 Å². The highest BCUT2D eigenvalue weighted by atomic mass is 28.3. The van der Waals surface area contributed by atoms with E-state index in [0.29, 0.717) is 19.8 Å². The van der Waals surface area contributed by atoms with Crippen molar-refractivity contribution in [3.05, 3.63) is 0 Å². The lowest BCUT2D eigenvalue weighted by atomic mass is 10.9. The van der Waals surface area contributed by atoms with Crippen molar-refractivity contribution in [2.45, 2.75) is 20.8 Å². The summed E-state index contributed by atoms with van der Waals surface area (Å²) in [7, 11) is -1.73. The molecule has 0 N–H and O–H groups in total. The van der Waals surface area contributed by atoms with E-state index in [1.54, 1.807) is 0 Å².